The Labute approximate surface area is 184 Å². The van der Waals surface area contributed by atoms with Crippen LogP contribution in [0.2, 0.25) is 5.02 Å². The smallest absolute Gasteiger partial charge is 0.255 e. The van der Waals surface area contributed by atoms with Crippen LogP contribution in [-0.2, 0) is 14.8 Å². The molecule has 1 saturated heterocycles. The van der Waals surface area contributed by atoms with Gasteiger partial charge in [0, 0.05) is 35.2 Å². The summed E-state index contributed by atoms with van der Waals surface area (Å²) in [5, 5.41) is 0.303. The number of aromatic nitrogens is 1. The molecular weight excluding hydrogens is 438 g/mol. The second-order valence-electron chi connectivity index (χ2n) is 7.19. The summed E-state index contributed by atoms with van der Waals surface area (Å²) in [6.45, 7) is 0.485. The summed E-state index contributed by atoms with van der Waals surface area (Å²) in [6, 6.07) is 17.0. The molecule has 1 fully saturated rings. The topological polar surface area (TPSA) is 88.5 Å². The van der Waals surface area contributed by atoms with E-state index < -0.39 is 16.1 Å². The van der Waals surface area contributed by atoms with Crippen molar-refractivity contribution >= 4 is 33.2 Å². The van der Waals surface area contributed by atoms with Gasteiger partial charge in [0.15, 0.2) is 0 Å². The third-order valence-corrected chi connectivity index (χ3v) is 6.81. The minimum atomic E-state index is -3.89. The van der Waals surface area contributed by atoms with Gasteiger partial charge in [0.1, 0.15) is 6.04 Å². The number of pyridine rings is 1. The van der Waals surface area contributed by atoms with Gasteiger partial charge in [0.25, 0.3) is 5.56 Å². The second kappa shape index (κ2) is 8.66. The number of hydrogen-bond donors (Lipinski definition) is 1. The normalized spacial score (nSPS) is 17.0. The van der Waals surface area contributed by atoms with Gasteiger partial charge >= 0.3 is 0 Å². The summed E-state index contributed by atoms with van der Waals surface area (Å²) >= 11 is 5.90. The molecule has 0 radical (unpaired) electrons. The number of hydrogen-bond acceptors (Lipinski definition) is 4. The van der Waals surface area contributed by atoms with Crippen molar-refractivity contribution < 1.29 is 13.2 Å². The Morgan fingerprint density at radius 1 is 0.935 bits per heavy atom. The maximum absolute atomic E-state index is 13.0. The zero-order valence-corrected chi connectivity index (χ0v) is 18.0. The predicted octanol–water partition coefficient (Wildman–Crippen LogP) is 2.96. The summed E-state index contributed by atoms with van der Waals surface area (Å²) in [5.74, 6) is -0.318. The van der Waals surface area contributed by atoms with Crippen LogP contribution in [0.1, 0.15) is 12.8 Å². The second-order valence-corrected chi connectivity index (χ2v) is 9.34. The van der Waals surface area contributed by atoms with Crippen LogP contribution in [0.15, 0.2) is 82.6 Å². The first-order valence-corrected chi connectivity index (χ1v) is 11.6. The highest BCUT2D eigenvalue weighted by atomic mass is 35.5. The first-order valence-electron chi connectivity index (χ1n) is 9.72. The lowest BCUT2D eigenvalue weighted by Gasteiger charge is -2.32. The van der Waals surface area contributed by atoms with Crippen molar-refractivity contribution in [3.05, 3.63) is 88.3 Å². The van der Waals surface area contributed by atoms with E-state index in [2.05, 4.69) is 4.72 Å². The molecule has 1 atom stereocenters. The maximum atomic E-state index is 13.0. The molecule has 0 spiro atoms. The Bertz CT molecular complexity index is 1270. The van der Waals surface area contributed by atoms with Gasteiger partial charge in [-0.15, -0.1) is 0 Å². The Kier molecular flexibility index (Phi) is 5.95. The van der Waals surface area contributed by atoms with E-state index in [-0.39, 0.29) is 16.4 Å². The molecule has 1 aliphatic rings. The maximum Gasteiger partial charge on any atom is 0.255 e. The largest absolute Gasteiger partial charge is 0.311 e. The van der Waals surface area contributed by atoms with E-state index in [0.29, 0.717) is 35.8 Å². The van der Waals surface area contributed by atoms with Gasteiger partial charge in [-0.25, -0.2) is 8.42 Å². The highest BCUT2D eigenvalue weighted by Gasteiger charge is 2.33. The average molecular weight is 458 g/mol. The molecular formula is C22H20ClN3O4S. The van der Waals surface area contributed by atoms with E-state index in [1.165, 1.54) is 22.8 Å². The van der Waals surface area contributed by atoms with Crippen LogP contribution in [0.25, 0.3) is 5.69 Å². The first kappa shape index (κ1) is 21.3. The quantitative estimate of drug-likeness (QED) is 0.638. The van der Waals surface area contributed by atoms with E-state index >= 15 is 0 Å². The van der Waals surface area contributed by atoms with Crippen molar-refractivity contribution in [2.24, 2.45) is 0 Å². The van der Waals surface area contributed by atoms with E-state index in [0.717, 1.165) is 0 Å². The van der Waals surface area contributed by atoms with Crippen molar-refractivity contribution in [3.63, 3.8) is 0 Å². The zero-order valence-electron chi connectivity index (χ0n) is 16.4. The van der Waals surface area contributed by atoms with Crippen LogP contribution in [0.4, 0.5) is 5.69 Å². The number of carbonyl (C=O) groups is 1. The summed E-state index contributed by atoms with van der Waals surface area (Å²) in [4.78, 5) is 26.6. The van der Waals surface area contributed by atoms with Crippen LogP contribution >= 0.6 is 11.6 Å². The summed E-state index contributed by atoms with van der Waals surface area (Å²) in [6.07, 6.45) is 2.73. The number of amides is 1. The molecule has 1 unspecified atom stereocenters. The molecule has 0 aliphatic carbocycles. The minimum Gasteiger partial charge on any atom is -0.311 e. The molecule has 1 aromatic heterocycles. The monoisotopic (exact) mass is 457 g/mol. The van der Waals surface area contributed by atoms with Gasteiger partial charge in [-0.2, -0.15) is 4.72 Å². The molecule has 31 heavy (non-hydrogen) atoms. The van der Waals surface area contributed by atoms with Crippen LogP contribution < -0.4 is 15.2 Å². The molecule has 1 aliphatic heterocycles. The molecule has 7 nitrogen and oxygen atoms in total. The number of nitrogens with one attached hydrogen (secondary N) is 1. The van der Waals surface area contributed by atoms with Crippen molar-refractivity contribution in [1.82, 2.24) is 9.29 Å². The molecule has 2 heterocycles. The highest BCUT2D eigenvalue weighted by Crippen LogP contribution is 2.24. The Hall–Kier alpha value is -2.94. The number of rotatable bonds is 5. The molecule has 4 rings (SSSR count). The molecule has 1 amide bonds. The molecule has 0 bridgehead atoms. The van der Waals surface area contributed by atoms with Gasteiger partial charge in [0.2, 0.25) is 15.9 Å². The number of nitrogens with zero attached hydrogens (tertiary/aromatic N) is 2. The van der Waals surface area contributed by atoms with Crippen molar-refractivity contribution in [2.75, 3.05) is 11.4 Å². The van der Waals surface area contributed by atoms with Crippen LogP contribution in [0.3, 0.4) is 0 Å². The summed E-state index contributed by atoms with van der Waals surface area (Å²) in [7, 11) is -3.89. The molecule has 2 aromatic carbocycles. The van der Waals surface area contributed by atoms with Gasteiger partial charge < -0.3 is 4.90 Å². The number of sulfonamides is 1. The summed E-state index contributed by atoms with van der Waals surface area (Å²) < 4.78 is 29.4. The molecule has 0 saturated carbocycles. The standard InChI is InChI=1S/C22H20ClN3O4S/c23-16-5-3-6-19(15-16)31(29,30)24-20-7-4-14-26(22(20)28)18-11-9-17(10-12-18)25-13-2-1-8-21(25)27/h1-3,5-6,8-13,15,20,24H,4,7,14H2. The molecule has 160 valence electrons. The summed E-state index contributed by atoms with van der Waals surface area (Å²) in [5.41, 5.74) is 1.17. The molecule has 9 heteroatoms. The predicted molar refractivity (Wildman–Crippen MR) is 119 cm³/mol. The lowest BCUT2D eigenvalue weighted by atomic mass is 10.0. The van der Waals surface area contributed by atoms with E-state index in [1.54, 1.807) is 59.6 Å². The number of piperidine rings is 1. The highest BCUT2D eigenvalue weighted by molar-refractivity contribution is 7.89. The Balaban J connectivity index is 1.54. The van der Waals surface area contributed by atoms with E-state index in [4.69, 9.17) is 11.6 Å². The van der Waals surface area contributed by atoms with Crippen molar-refractivity contribution in [1.29, 1.82) is 0 Å². The number of halogens is 1. The fourth-order valence-electron chi connectivity index (χ4n) is 3.56. The first-order chi connectivity index (χ1) is 14.8. The molecule has 1 N–H and O–H groups in total. The number of benzene rings is 2. The SMILES string of the molecule is O=C1C(NS(=O)(=O)c2cccc(Cl)c2)CCCN1c1ccc(-n2ccccc2=O)cc1. The van der Waals surface area contributed by atoms with Gasteiger partial charge in [-0.3, -0.25) is 14.2 Å². The van der Waals surface area contributed by atoms with E-state index in [9.17, 15) is 18.0 Å². The Morgan fingerprint density at radius 3 is 2.39 bits per heavy atom. The number of carbonyl (C=O) groups excluding carboxylic acids is 1. The van der Waals surface area contributed by atoms with E-state index in [1.807, 2.05) is 0 Å². The fourth-order valence-corrected chi connectivity index (χ4v) is 5.09. The number of anilines is 1. The molecule has 3 aromatic rings. The third-order valence-electron chi connectivity index (χ3n) is 5.10. The average Bonchev–Trinajstić information content (AvgIpc) is 2.76. The lowest BCUT2D eigenvalue weighted by molar-refractivity contribution is -0.121. The van der Waals surface area contributed by atoms with Crippen molar-refractivity contribution in [2.45, 2.75) is 23.8 Å². The van der Waals surface area contributed by atoms with Gasteiger partial charge in [-0.05, 0) is 61.4 Å². The third kappa shape index (κ3) is 4.56. The van der Waals surface area contributed by atoms with Crippen LogP contribution in [-0.4, -0.2) is 31.5 Å². The minimum absolute atomic E-state index is 0.0163. The van der Waals surface area contributed by atoms with Crippen LogP contribution in [0.5, 0.6) is 0 Å². The Morgan fingerprint density at radius 2 is 1.68 bits per heavy atom. The zero-order chi connectivity index (χ0) is 22.0. The van der Waals surface area contributed by atoms with Gasteiger partial charge in [0.05, 0.1) is 4.90 Å². The lowest BCUT2D eigenvalue weighted by Crippen LogP contribution is -2.52. The van der Waals surface area contributed by atoms with Crippen molar-refractivity contribution in [3.8, 4) is 5.69 Å². The van der Waals surface area contributed by atoms with Gasteiger partial charge in [-0.1, -0.05) is 23.7 Å². The fraction of sp³-hybridized carbons (Fsp3) is 0.182. The van der Waals surface area contributed by atoms with Crippen LogP contribution in [0, 0.1) is 0 Å².